The van der Waals surface area contributed by atoms with Crippen LogP contribution < -0.4 is 16.0 Å². The fraction of sp³-hybridized carbons (Fsp3) is 0.944. The van der Waals surface area contributed by atoms with Gasteiger partial charge in [-0.25, -0.2) is 0 Å². The van der Waals surface area contributed by atoms with Crippen LogP contribution in [0.5, 0.6) is 0 Å². The van der Waals surface area contributed by atoms with E-state index in [1.165, 1.54) is 13.8 Å². The lowest BCUT2D eigenvalue weighted by Gasteiger charge is -2.52. The molecule has 8 aliphatic heterocycles. The minimum absolute atomic E-state index is 0.814. The standard InChI is InChI=1S/C54H91N3O39/c1-12-26(66)33(73)37(77)50(83-12)92-42-21(10-62)90-49(25(57-16(5)65)44(42)94-54-46(36(76)29(69)18(7-59)88-54)96-51-38(78)34(74)27(67)13(2)84-51)95-45-30(70)19(8-60)87-53(40(45)80)93-43-24(56-15(4)64)47(81)85-22(31(43)71)11-82-48-23(55-14(3)63)32(72)41(20(9-61)89-48)91-52-39(79)35(75)28(68)17(6-58)86-52/h12-13,17-54,58-62,66-81H,6-11H2,1-5H3,(H,55,63)(H,56,64)(H,57,65)/t12-,13-,17+,18+,19+,20+,21+,22+,23+,24-,25+,26+,27+,28-,29-,30-,31-,32+,33+,34+,35-,36-,37-,38-,39+,40+,41+,42+,43+,44+,45-,46+,47?,48+,49-,50-,51-,52-,53-,54-/m0/s1. The molecule has 556 valence electrons. The highest BCUT2D eigenvalue weighted by Crippen LogP contribution is 2.39. The number of hydrogen-bond acceptors (Lipinski definition) is 39. The first-order valence-corrected chi connectivity index (χ1v) is 30.8. The van der Waals surface area contributed by atoms with Crippen LogP contribution in [-0.2, 0) is 85.4 Å². The van der Waals surface area contributed by atoms with Crippen LogP contribution in [0.1, 0.15) is 34.6 Å². The molecule has 8 aliphatic rings. The summed E-state index contributed by atoms with van der Waals surface area (Å²) in [7, 11) is 0. The molecule has 40 atom stereocenters. The van der Waals surface area contributed by atoms with Crippen molar-refractivity contribution < 1.29 is 193 Å². The monoisotopic (exact) mass is 1410 g/mol. The maximum atomic E-state index is 13.4. The molecule has 0 bridgehead atoms. The van der Waals surface area contributed by atoms with E-state index in [2.05, 4.69) is 16.0 Å². The number of ether oxygens (including phenoxy) is 15. The van der Waals surface area contributed by atoms with Crippen molar-refractivity contribution in [3.63, 3.8) is 0 Å². The summed E-state index contributed by atoms with van der Waals surface area (Å²) in [6.07, 6.45) is -71.7. The molecule has 8 heterocycles. The summed E-state index contributed by atoms with van der Waals surface area (Å²) < 4.78 is 88.6. The van der Waals surface area contributed by atoms with Crippen LogP contribution in [0.15, 0.2) is 0 Å². The molecule has 0 spiro atoms. The molecule has 42 nitrogen and oxygen atoms in total. The molecule has 0 aromatic heterocycles. The molecular formula is C54H91N3O39. The van der Waals surface area contributed by atoms with E-state index in [9.17, 15) is 122 Å². The Morgan fingerprint density at radius 3 is 1.18 bits per heavy atom. The number of rotatable bonds is 23. The Bertz CT molecular complexity index is 2470. The van der Waals surface area contributed by atoms with Crippen molar-refractivity contribution in [2.75, 3.05) is 39.6 Å². The second-order valence-electron chi connectivity index (χ2n) is 24.6. The third-order valence-electron chi connectivity index (χ3n) is 17.8. The van der Waals surface area contributed by atoms with Crippen molar-refractivity contribution >= 4 is 17.7 Å². The van der Waals surface area contributed by atoms with Gasteiger partial charge in [0.15, 0.2) is 50.3 Å². The quantitative estimate of drug-likeness (QED) is 0.0452. The van der Waals surface area contributed by atoms with E-state index in [4.69, 9.17) is 71.1 Å². The third-order valence-corrected chi connectivity index (χ3v) is 17.8. The second kappa shape index (κ2) is 33.8. The van der Waals surface area contributed by atoms with Crippen molar-refractivity contribution in [3.05, 3.63) is 0 Å². The van der Waals surface area contributed by atoms with E-state index in [1.54, 1.807) is 0 Å². The number of aliphatic hydroxyl groups is 21. The normalized spacial score (nSPS) is 50.3. The molecule has 0 aromatic rings. The van der Waals surface area contributed by atoms with E-state index in [0.717, 1.165) is 20.8 Å². The summed E-state index contributed by atoms with van der Waals surface area (Å²) in [6, 6.07) is -5.48. The second-order valence-corrected chi connectivity index (χ2v) is 24.6. The summed E-state index contributed by atoms with van der Waals surface area (Å²) in [5.74, 6) is -2.66. The number of amides is 3. The Kier molecular flexibility index (Phi) is 27.7. The minimum atomic E-state index is -2.39. The van der Waals surface area contributed by atoms with Gasteiger partial charge in [-0.1, -0.05) is 0 Å². The maximum Gasteiger partial charge on any atom is 0.217 e. The molecule has 3 amide bonds. The van der Waals surface area contributed by atoms with Gasteiger partial charge in [-0.15, -0.1) is 0 Å². The Balaban J connectivity index is 1.08. The zero-order valence-electron chi connectivity index (χ0n) is 52.1. The average Bonchev–Trinajstić information content (AvgIpc) is 0.768. The van der Waals surface area contributed by atoms with Gasteiger partial charge in [-0.05, 0) is 13.8 Å². The van der Waals surface area contributed by atoms with Crippen molar-refractivity contribution in [2.45, 2.75) is 280 Å². The molecule has 1 unspecified atom stereocenters. The van der Waals surface area contributed by atoms with Crippen molar-refractivity contribution in [2.24, 2.45) is 0 Å². The van der Waals surface area contributed by atoms with E-state index in [1.807, 2.05) is 0 Å². The molecule has 8 saturated heterocycles. The smallest absolute Gasteiger partial charge is 0.217 e. The molecule has 0 radical (unpaired) electrons. The average molecular weight is 1410 g/mol. The zero-order valence-corrected chi connectivity index (χ0v) is 52.1. The zero-order chi connectivity index (χ0) is 70.8. The molecule has 96 heavy (non-hydrogen) atoms. The SMILES string of the molecule is CC(=O)N[C@H]1[C@H](OC[C@H]2OC(O)[C@@H](NC(C)=O)[C@@H](O[C@@H]3O[C@H](CO)[C@H](O)[C@H](O[C@@H]4O[C@H](CO)[C@@H](O[C@@H]5O[C@@H](C)[C@@H](O)[C@@H](O)[C@@H]5O)[C@H](O[C@@H]5O[C@H](CO)[C@H](O)[C@H](O)[C@H]5O[C@@H]5O[C@@H](C)[C@@H](O)[C@@H](O)[C@@H]5O)[C@H]4NC(C)=O)[C@H]3O)[C@H]2O)O[C@H](CO)[C@@H](O[C@@H]2O[C@H](CO)[C@H](O)[C@H](O)[C@H]2O)[C@@H]1O. The highest BCUT2D eigenvalue weighted by Gasteiger charge is 2.60. The summed E-state index contributed by atoms with van der Waals surface area (Å²) in [5, 5.41) is 237. The van der Waals surface area contributed by atoms with Gasteiger partial charge in [0.25, 0.3) is 0 Å². The number of carbonyl (C=O) groups is 3. The number of hydrogen-bond donors (Lipinski definition) is 24. The first kappa shape index (κ1) is 78.7. The van der Waals surface area contributed by atoms with Crippen LogP contribution in [0.3, 0.4) is 0 Å². The predicted octanol–water partition coefficient (Wildman–Crippen LogP) is -16.0. The summed E-state index contributed by atoms with van der Waals surface area (Å²) in [4.78, 5) is 38.7. The van der Waals surface area contributed by atoms with Crippen LogP contribution in [0, 0.1) is 0 Å². The Hall–Kier alpha value is -3.03. The molecule has 8 rings (SSSR count). The topological polar surface area (TPSA) is 651 Å². The molecule has 0 aromatic carbocycles. The lowest BCUT2D eigenvalue weighted by Crippen LogP contribution is -2.72. The third kappa shape index (κ3) is 17.0. The predicted molar refractivity (Wildman–Crippen MR) is 296 cm³/mol. The largest absolute Gasteiger partial charge is 0.394 e. The van der Waals surface area contributed by atoms with Crippen LogP contribution >= 0.6 is 0 Å². The van der Waals surface area contributed by atoms with Crippen molar-refractivity contribution in [1.29, 1.82) is 0 Å². The van der Waals surface area contributed by atoms with E-state index in [-0.39, 0.29) is 0 Å². The van der Waals surface area contributed by atoms with E-state index in [0.29, 0.717) is 0 Å². The van der Waals surface area contributed by atoms with Gasteiger partial charge in [0, 0.05) is 20.8 Å². The Labute approximate surface area is 545 Å². The lowest BCUT2D eigenvalue weighted by atomic mass is 9.93. The number of nitrogens with one attached hydrogen (secondary N) is 3. The molecule has 0 saturated carbocycles. The summed E-state index contributed by atoms with van der Waals surface area (Å²) in [6.45, 7) is -0.605. The fourth-order valence-corrected chi connectivity index (χ4v) is 12.5. The van der Waals surface area contributed by atoms with Crippen molar-refractivity contribution in [1.82, 2.24) is 16.0 Å². The van der Waals surface area contributed by atoms with Gasteiger partial charge in [0.05, 0.1) is 51.8 Å². The number of aliphatic hydroxyl groups excluding tert-OH is 21. The highest BCUT2D eigenvalue weighted by atomic mass is 16.8. The molecule has 0 aliphatic carbocycles. The lowest BCUT2D eigenvalue weighted by molar-refractivity contribution is -0.399. The molecular weight excluding hydrogens is 1310 g/mol. The maximum absolute atomic E-state index is 13.4. The van der Waals surface area contributed by atoms with E-state index < -0.39 is 303 Å². The van der Waals surface area contributed by atoms with Crippen LogP contribution in [-0.4, -0.2) is 410 Å². The van der Waals surface area contributed by atoms with Crippen molar-refractivity contribution in [3.8, 4) is 0 Å². The molecule has 42 heteroatoms. The van der Waals surface area contributed by atoms with Crippen LogP contribution in [0.25, 0.3) is 0 Å². The highest BCUT2D eigenvalue weighted by molar-refractivity contribution is 5.74. The molecule has 8 fully saturated rings. The van der Waals surface area contributed by atoms with Gasteiger partial charge in [-0.3, -0.25) is 14.4 Å². The van der Waals surface area contributed by atoms with Gasteiger partial charge in [0.1, 0.15) is 183 Å². The fourth-order valence-electron chi connectivity index (χ4n) is 12.5. The Morgan fingerprint density at radius 1 is 0.292 bits per heavy atom. The van der Waals surface area contributed by atoms with Crippen LogP contribution in [0.4, 0.5) is 0 Å². The minimum Gasteiger partial charge on any atom is -0.394 e. The number of carbonyl (C=O) groups excluding carboxylic acids is 3. The van der Waals surface area contributed by atoms with Gasteiger partial charge >= 0.3 is 0 Å². The van der Waals surface area contributed by atoms with Gasteiger partial charge in [-0.2, -0.15) is 0 Å². The van der Waals surface area contributed by atoms with Gasteiger partial charge in [0.2, 0.25) is 17.7 Å². The van der Waals surface area contributed by atoms with Crippen LogP contribution in [0.2, 0.25) is 0 Å². The Morgan fingerprint density at radius 2 is 0.656 bits per heavy atom. The first-order chi connectivity index (χ1) is 45.3. The molecule has 24 N–H and O–H groups in total. The summed E-state index contributed by atoms with van der Waals surface area (Å²) >= 11 is 0. The first-order valence-electron chi connectivity index (χ1n) is 30.8. The van der Waals surface area contributed by atoms with Gasteiger partial charge < -0.3 is 194 Å². The summed E-state index contributed by atoms with van der Waals surface area (Å²) in [5.41, 5.74) is 0. The van der Waals surface area contributed by atoms with E-state index >= 15 is 0 Å².